The lowest BCUT2D eigenvalue weighted by Crippen LogP contribution is -2.36. The molecule has 1 aliphatic heterocycles. The van der Waals surface area contributed by atoms with E-state index in [-0.39, 0.29) is 5.91 Å². The van der Waals surface area contributed by atoms with E-state index >= 15 is 0 Å². The molecule has 0 saturated carbocycles. The number of hydrogen-bond donors (Lipinski definition) is 3. The van der Waals surface area contributed by atoms with Crippen LogP contribution < -0.4 is 11.1 Å². The number of hydrogen-bond acceptors (Lipinski definition) is 7. The summed E-state index contributed by atoms with van der Waals surface area (Å²) in [5.41, 5.74) is 7.58. The maximum atomic E-state index is 11.7. The Bertz CT molecular complexity index is 559. The van der Waals surface area contributed by atoms with Crippen LogP contribution in [0.25, 0.3) is 0 Å². The van der Waals surface area contributed by atoms with E-state index in [0.29, 0.717) is 13.0 Å². The average Bonchev–Trinajstić information content (AvgIpc) is 2.64. The van der Waals surface area contributed by atoms with Crippen molar-refractivity contribution in [3.8, 4) is 0 Å². The van der Waals surface area contributed by atoms with Crippen LogP contribution in [0.15, 0.2) is 26.7 Å². The fraction of sp³-hybridized carbons (Fsp3) is 0.632. The van der Waals surface area contributed by atoms with Gasteiger partial charge in [0.25, 0.3) is 0 Å². The molecule has 0 aromatic heterocycles. The second kappa shape index (κ2) is 16.5. The summed E-state index contributed by atoms with van der Waals surface area (Å²) in [6.07, 6.45) is 6.14. The molecule has 0 unspecified atom stereocenters. The van der Waals surface area contributed by atoms with E-state index in [1.165, 1.54) is 6.92 Å². The standard InChI is InChI=1S/C17H31N5OS2.C2H4O/c1-14(18)17(25-13-21(2)3)15(11-24)20-12-19-8-6-10-22-9-5-4-7-16(22)23;1-2-3/h11-12,24H,4-10,13,18H2,1-3H3,(H,19,20);2H,1H3/b15-11-,17-14-;. The van der Waals surface area contributed by atoms with Gasteiger partial charge in [-0.15, -0.1) is 24.4 Å². The summed E-state index contributed by atoms with van der Waals surface area (Å²) in [4.78, 5) is 29.9. The zero-order chi connectivity index (χ0) is 21.4. The van der Waals surface area contributed by atoms with Crippen molar-refractivity contribution in [1.82, 2.24) is 15.1 Å². The molecule has 1 rings (SSSR count). The van der Waals surface area contributed by atoms with E-state index in [1.807, 2.05) is 25.9 Å². The van der Waals surface area contributed by atoms with Crippen LogP contribution in [0.5, 0.6) is 0 Å². The Morgan fingerprint density at radius 2 is 2.11 bits per heavy atom. The second-order valence-corrected chi connectivity index (χ2v) is 7.73. The number of likely N-dealkylation sites (tertiary alicyclic amines) is 1. The number of carbonyl (C=O) groups is 2. The number of nitrogens with one attached hydrogen (secondary N) is 1. The van der Waals surface area contributed by atoms with Gasteiger partial charge in [0.05, 0.1) is 16.9 Å². The molecule has 0 aliphatic carbocycles. The first-order chi connectivity index (χ1) is 13.4. The number of allylic oxidation sites excluding steroid dienone is 1. The smallest absolute Gasteiger partial charge is 0.222 e. The zero-order valence-electron chi connectivity index (χ0n) is 17.5. The lowest BCUT2D eigenvalue weighted by molar-refractivity contribution is -0.133. The van der Waals surface area contributed by atoms with Crippen LogP contribution in [0.4, 0.5) is 0 Å². The fourth-order valence-corrected chi connectivity index (χ4v) is 3.57. The predicted octanol–water partition coefficient (Wildman–Crippen LogP) is 2.43. The van der Waals surface area contributed by atoms with Crippen molar-refractivity contribution in [2.75, 3.05) is 39.6 Å². The van der Waals surface area contributed by atoms with Crippen LogP contribution in [-0.2, 0) is 9.59 Å². The SMILES string of the molecule is C/C(N)=C(SCN(C)C)\C(=C\S)NC=NCCCN1CCCCC1=O.CC=O. The highest BCUT2D eigenvalue weighted by atomic mass is 32.2. The van der Waals surface area contributed by atoms with Crippen molar-refractivity contribution in [3.05, 3.63) is 21.7 Å². The monoisotopic (exact) mass is 429 g/mol. The maximum absolute atomic E-state index is 11.7. The van der Waals surface area contributed by atoms with Crippen molar-refractivity contribution in [2.24, 2.45) is 10.7 Å². The highest BCUT2D eigenvalue weighted by molar-refractivity contribution is 8.03. The number of rotatable bonds is 10. The molecule has 1 fully saturated rings. The number of aliphatic imine (C=N–C) groups is 1. The third kappa shape index (κ3) is 12.1. The summed E-state index contributed by atoms with van der Waals surface area (Å²) >= 11 is 5.92. The van der Waals surface area contributed by atoms with Gasteiger partial charge in [-0.25, -0.2) is 0 Å². The third-order valence-corrected chi connectivity index (χ3v) is 5.38. The summed E-state index contributed by atoms with van der Waals surface area (Å²) in [5.74, 6) is 1.11. The normalized spacial score (nSPS) is 16.0. The predicted molar refractivity (Wildman–Crippen MR) is 123 cm³/mol. The van der Waals surface area contributed by atoms with E-state index in [9.17, 15) is 4.79 Å². The van der Waals surface area contributed by atoms with E-state index in [1.54, 1.807) is 23.5 Å². The minimum atomic E-state index is 0.278. The molecule has 0 radical (unpaired) electrons. The molecule has 0 bridgehead atoms. The molecule has 1 amide bonds. The fourth-order valence-electron chi connectivity index (χ4n) is 2.39. The molecule has 0 aromatic carbocycles. The van der Waals surface area contributed by atoms with Gasteiger partial charge in [-0.05, 0) is 52.6 Å². The summed E-state index contributed by atoms with van der Waals surface area (Å²) in [7, 11) is 4.03. The largest absolute Gasteiger partial charge is 0.401 e. The van der Waals surface area contributed by atoms with Crippen LogP contribution in [0.3, 0.4) is 0 Å². The summed E-state index contributed by atoms with van der Waals surface area (Å²) in [5, 5.41) is 4.86. The number of thiol groups is 1. The number of amides is 1. The van der Waals surface area contributed by atoms with Gasteiger partial charge in [0.15, 0.2) is 0 Å². The molecular weight excluding hydrogens is 394 g/mol. The molecule has 0 atom stereocenters. The van der Waals surface area contributed by atoms with Gasteiger partial charge in [0.1, 0.15) is 6.29 Å². The Balaban J connectivity index is 0.00000227. The Labute approximate surface area is 179 Å². The van der Waals surface area contributed by atoms with E-state index in [2.05, 4.69) is 27.8 Å². The van der Waals surface area contributed by atoms with Crippen molar-refractivity contribution in [3.63, 3.8) is 0 Å². The van der Waals surface area contributed by atoms with Gasteiger partial charge in [-0.3, -0.25) is 14.7 Å². The molecule has 0 aromatic rings. The van der Waals surface area contributed by atoms with E-state index in [0.717, 1.165) is 60.8 Å². The number of thioether (sulfide) groups is 1. The summed E-state index contributed by atoms with van der Waals surface area (Å²) < 4.78 is 0. The third-order valence-electron chi connectivity index (χ3n) is 3.65. The van der Waals surface area contributed by atoms with Crippen LogP contribution in [0.1, 0.15) is 39.5 Å². The number of carbonyl (C=O) groups excluding carboxylic acids is 2. The average molecular weight is 430 g/mol. The molecule has 1 saturated heterocycles. The van der Waals surface area contributed by atoms with Gasteiger partial charge < -0.3 is 20.7 Å². The van der Waals surface area contributed by atoms with Crippen LogP contribution >= 0.6 is 24.4 Å². The quantitative estimate of drug-likeness (QED) is 0.0940. The zero-order valence-corrected chi connectivity index (χ0v) is 19.2. The Morgan fingerprint density at radius 1 is 1.43 bits per heavy atom. The first kappa shape index (κ1) is 26.6. The number of aldehydes is 1. The van der Waals surface area contributed by atoms with Crippen molar-refractivity contribution >= 4 is 42.9 Å². The van der Waals surface area contributed by atoms with Gasteiger partial charge in [-0.1, -0.05) is 0 Å². The van der Waals surface area contributed by atoms with Crippen LogP contribution in [0, 0.1) is 0 Å². The summed E-state index contributed by atoms with van der Waals surface area (Å²) in [6.45, 7) is 5.68. The Morgan fingerprint density at radius 3 is 2.64 bits per heavy atom. The lowest BCUT2D eigenvalue weighted by atomic mass is 10.1. The number of piperidine rings is 1. The number of nitrogens with two attached hydrogens (primary N) is 1. The molecule has 3 N–H and O–H groups in total. The van der Waals surface area contributed by atoms with Gasteiger partial charge in [0, 0.05) is 37.6 Å². The lowest BCUT2D eigenvalue weighted by Gasteiger charge is -2.26. The van der Waals surface area contributed by atoms with Gasteiger partial charge in [-0.2, -0.15) is 0 Å². The molecule has 9 heteroatoms. The maximum Gasteiger partial charge on any atom is 0.222 e. The van der Waals surface area contributed by atoms with Crippen molar-refractivity contribution in [2.45, 2.75) is 39.5 Å². The topological polar surface area (TPSA) is 91.0 Å². The van der Waals surface area contributed by atoms with Gasteiger partial charge in [0.2, 0.25) is 5.91 Å². The van der Waals surface area contributed by atoms with Crippen LogP contribution in [0.2, 0.25) is 0 Å². The van der Waals surface area contributed by atoms with Gasteiger partial charge >= 0.3 is 0 Å². The molecule has 0 spiro atoms. The first-order valence-electron chi connectivity index (χ1n) is 9.38. The minimum Gasteiger partial charge on any atom is -0.401 e. The van der Waals surface area contributed by atoms with Crippen molar-refractivity contribution in [1.29, 1.82) is 0 Å². The highest BCUT2D eigenvalue weighted by Gasteiger charge is 2.16. The molecule has 28 heavy (non-hydrogen) atoms. The molecular formula is C19H35N5O2S2. The van der Waals surface area contributed by atoms with Crippen LogP contribution in [-0.4, -0.2) is 67.9 Å². The molecule has 7 nitrogen and oxygen atoms in total. The van der Waals surface area contributed by atoms with E-state index in [4.69, 9.17) is 10.5 Å². The molecule has 1 aliphatic rings. The number of nitrogens with zero attached hydrogens (tertiary/aromatic N) is 3. The Kier molecular flexibility index (Phi) is 15.6. The molecule has 160 valence electrons. The van der Waals surface area contributed by atoms with Crippen molar-refractivity contribution < 1.29 is 9.59 Å². The highest BCUT2D eigenvalue weighted by Crippen LogP contribution is 2.25. The second-order valence-electron chi connectivity index (χ2n) is 6.51. The summed E-state index contributed by atoms with van der Waals surface area (Å²) in [6, 6.07) is 0. The Hall–Kier alpha value is -1.45. The minimum absolute atomic E-state index is 0.278. The molecule has 1 heterocycles. The van der Waals surface area contributed by atoms with E-state index < -0.39 is 0 Å². The first-order valence-corrected chi connectivity index (χ1v) is 10.9.